The van der Waals surface area contributed by atoms with E-state index in [0.29, 0.717) is 24.5 Å². The van der Waals surface area contributed by atoms with Crippen molar-refractivity contribution in [2.75, 3.05) is 38.8 Å². The van der Waals surface area contributed by atoms with Crippen molar-refractivity contribution < 1.29 is 14.3 Å². The van der Waals surface area contributed by atoms with E-state index in [4.69, 9.17) is 9.47 Å². The van der Waals surface area contributed by atoms with Gasteiger partial charge >= 0.3 is 0 Å². The van der Waals surface area contributed by atoms with E-state index in [-0.39, 0.29) is 5.91 Å². The number of aromatic nitrogens is 2. The summed E-state index contributed by atoms with van der Waals surface area (Å²) in [6, 6.07) is 5.73. The molecule has 7 nitrogen and oxygen atoms in total. The molecule has 7 heteroatoms. The summed E-state index contributed by atoms with van der Waals surface area (Å²) in [7, 11) is 3.25. The SMILES string of the molecule is CCN(CC)c1cc(C(=O)N2CCc3cc(OC)c(OC)cc3C2)ncn1. The molecule has 0 spiro atoms. The summed E-state index contributed by atoms with van der Waals surface area (Å²) in [4.78, 5) is 25.4. The highest BCUT2D eigenvalue weighted by Gasteiger charge is 2.25. The molecule has 1 aliphatic rings. The van der Waals surface area contributed by atoms with Crippen molar-refractivity contribution in [2.24, 2.45) is 0 Å². The maximum atomic E-state index is 13.0. The van der Waals surface area contributed by atoms with Gasteiger partial charge in [0.25, 0.3) is 5.91 Å². The topological polar surface area (TPSA) is 67.8 Å². The highest BCUT2D eigenvalue weighted by molar-refractivity contribution is 5.93. The largest absolute Gasteiger partial charge is 0.493 e. The van der Waals surface area contributed by atoms with Crippen LogP contribution in [0.4, 0.5) is 5.82 Å². The number of carbonyl (C=O) groups is 1. The molecule has 0 bridgehead atoms. The molecule has 0 atom stereocenters. The second-order valence-corrected chi connectivity index (χ2v) is 6.39. The van der Waals surface area contributed by atoms with E-state index < -0.39 is 0 Å². The van der Waals surface area contributed by atoms with Crippen LogP contribution in [0.25, 0.3) is 0 Å². The first kappa shape index (κ1) is 18.9. The molecule has 1 amide bonds. The highest BCUT2D eigenvalue weighted by atomic mass is 16.5. The lowest BCUT2D eigenvalue weighted by atomic mass is 9.98. The number of fused-ring (bicyclic) bond motifs is 1. The lowest BCUT2D eigenvalue weighted by Crippen LogP contribution is -2.36. The monoisotopic (exact) mass is 370 g/mol. The standard InChI is InChI=1S/C20H26N4O3/c1-5-23(6-2)19-11-16(21-13-22-19)20(25)24-8-7-14-9-17(26-3)18(27-4)10-15(14)12-24/h9-11,13H,5-8,12H2,1-4H3. The van der Waals surface area contributed by atoms with Crippen LogP contribution in [0.3, 0.4) is 0 Å². The third-order valence-corrected chi connectivity index (χ3v) is 4.96. The molecular formula is C20H26N4O3. The third-order valence-electron chi connectivity index (χ3n) is 4.96. The molecule has 0 fully saturated rings. The first-order valence-electron chi connectivity index (χ1n) is 9.21. The highest BCUT2D eigenvalue weighted by Crippen LogP contribution is 2.33. The van der Waals surface area contributed by atoms with Gasteiger partial charge in [-0.3, -0.25) is 4.79 Å². The molecule has 0 unspecified atom stereocenters. The number of rotatable bonds is 6. The fourth-order valence-electron chi connectivity index (χ4n) is 3.40. The van der Waals surface area contributed by atoms with Crippen LogP contribution in [0.15, 0.2) is 24.5 Å². The first-order valence-corrected chi connectivity index (χ1v) is 9.21. The van der Waals surface area contributed by atoms with Crippen LogP contribution in [0.5, 0.6) is 11.5 Å². The minimum atomic E-state index is -0.0776. The van der Waals surface area contributed by atoms with Gasteiger partial charge in [-0.2, -0.15) is 0 Å². The van der Waals surface area contributed by atoms with E-state index in [1.165, 1.54) is 11.9 Å². The van der Waals surface area contributed by atoms with Crippen molar-refractivity contribution in [3.05, 3.63) is 41.3 Å². The molecule has 0 saturated carbocycles. The number of nitrogens with zero attached hydrogens (tertiary/aromatic N) is 4. The lowest BCUT2D eigenvalue weighted by Gasteiger charge is -2.29. The summed E-state index contributed by atoms with van der Waals surface area (Å²) in [5, 5.41) is 0. The zero-order valence-corrected chi connectivity index (χ0v) is 16.4. The minimum absolute atomic E-state index is 0.0776. The zero-order chi connectivity index (χ0) is 19.4. The Bertz CT molecular complexity index is 821. The number of hydrogen-bond donors (Lipinski definition) is 0. The van der Waals surface area contributed by atoms with Gasteiger partial charge in [-0.25, -0.2) is 9.97 Å². The fourth-order valence-corrected chi connectivity index (χ4v) is 3.40. The van der Waals surface area contributed by atoms with Crippen molar-refractivity contribution in [1.82, 2.24) is 14.9 Å². The van der Waals surface area contributed by atoms with Crippen LogP contribution >= 0.6 is 0 Å². The minimum Gasteiger partial charge on any atom is -0.493 e. The number of amides is 1. The molecule has 27 heavy (non-hydrogen) atoms. The zero-order valence-electron chi connectivity index (χ0n) is 16.4. The molecule has 0 N–H and O–H groups in total. The molecular weight excluding hydrogens is 344 g/mol. The van der Waals surface area contributed by atoms with Gasteiger partial charge in [0.2, 0.25) is 0 Å². The average Bonchev–Trinajstić information content (AvgIpc) is 2.72. The normalized spacial score (nSPS) is 13.1. The summed E-state index contributed by atoms with van der Waals surface area (Å²) in [6.07, 6.45) is 2.24. The van der Waals surface area contributed by atoms with E-state index in [0.717, 1.165) is 36.6 Å². The summed E-state index contributed by atoms with van der Waals surface area (Å²) in [6.45, 7) is 6.97. The van der Waals surface area contributed by atoms with Gasteiger partial charge in [-0.1, -0.05) is 0 Å². The lowest BCUT2D eigenvalue weighted by molar-refractivity contribution is 0.0728. The number of anilines is 1. The van der Waals surface area contributed by atoms with E-state index in [2.05, 4.69) is 28.7 Å². The number of methoxy groups -OCH3 is 2. The number of carbonyl (C=O) groups excluding carboxylic acids is 1. The van der Waals surface area contributed by atoms with Gasteiger partial charge in [0.1, 0.15) is 17.8 Å². The van der Waals surface area contributed by atoms with Gasteiger partial charge in [0.05, 0.1) is 14.2 Å². The van der Waals surface area contributed by atoms with Crippen molar-refractivity contribution >= 4 is 11.7 Å². The third kappa shape index (κ3) is 3.82. The number of ether oxygens (including phenoxy) is 2. The van der Waals surface area contributed by atoms with Crippen LogP contribution in [0.1, 0.15) is 35.5 Å². The van der Waals surface area contributed by atoms with Crippen molar-refractivity contribution in [3.8, 4) is 11.5 Å². The van der Waals surface area contributed by atoms with E-state index in [1.807, 2.05) is 17.0 Å². The van der Waals surface area contributed by atoms with Crippen molar-refractivity contribution in [2.45, 2.75) is 26.8 Å². The van der Waals surface area contributed by atoms with E-state index in [1.54, 1.807) is 20.3 Å². The fraction of sp³-hybridized carbons (Fsp3) is 0.450. The molecule has 1 aromatic carbocycles. The molecule has 2 aromatic rings. The van der Waals surface area contributed by atoms with Crippen LogP contribution < -0.4 is 14.4 Å². The Labute approximate surface area is 159 Å². The Balaban J connectivity index is 1.83. The van der Waals surface area contributed by atoms with Crippen molar-refractivity contribution in [3.63, 3.8) is 0 Å². The summed E-state index contributed by atoms with van der Waals surface area (Å²) < 4.78 is 10.8. The average molecular weight is 370 g/mol. The van der Waals surface area contributed by atoms with Gasteiger partial charge < -0.3 is 19.3 Å². The molecule has 3 rings (SSSR count). The molecule has 2 heterocycles. The summed E-state index contributed by atoms with van der Waals surface area (Å²) in [5.41, 5.74) is 2.68. The van der Waals surface area contributed by atoms with Crippen LogP contribution in [-0.2, 0) is 13.0 Å². The molecule has 1 aliphatic heterocycles. The van der Waals surface area contributed by atoms with Crippen molar-refractivity contribution in [1.29, 1.82) is 0 Å². The maximum absolute atomic E-state index is 13.0. The molecule has 144 valence electrons. The Hall–Kier alpha value is -2.83. The summed E-state index contributed by atoms with van der Waals surface area (Å²) in [5.74, 6) is 2.10. The van der Waals surface area contributed by atoms with Gasteiger partial charge in [-0.15, -0.1) is 0 Å². The molecule has 0 saturated heterocycles. The Morgan fingerprint density at radius 2 is 1.74 bits per heavy atom. The smallest absolute Gasteiger partial charge is 0.272 e. The van der Waals surface area contributed by atoms with Crippen LogP contribution in [-0.4, -0.2) is 54.6 Å². The van der Waals surface area contributed by atoms with Gasteiger partial charge in [0.15, 0.2) is 11.5 Å². The quantitative estimate of drug-likeness (QED) is 0.778. The van der Waals surface area contributed by atoms with E-state index in [9.17, 15) is 4.79 Å². The number of hydrogen-bond acceptors (Lipinski definition) is 6. The first-order chi connectivity index (χ1) is 13.1. The molecule has 0 radical (unpaired) electrons. The second kappa shape index (κ2) is 8.24. The van der Waals surface area contributed by atoms with Gasteiger partial charge in [-0.05, 0) is 43.5 Å². The van der Waals surface area contributed by atoms with E-state index >= 15 is 0 Å². The Kier molecular flexibility index (Phi) is 5.78. The summed E-state index contributed by atoms with van der Waals surface area (Å²) >= 11 is 0. The predicted octanol–water partition coefficient (Wildman–Crippen LogP) is 2.54. The second-order valence-electron chi connectivity index (χ2n) is 6.39. The van der Waals surface area contributed by atoms with Crippen LogP contribution in [0, 0.1) is 0 Å². The number of benzene rings is 1. The molecule has 0 aliphatic carbocycles. The maximum Gasteiger partial charge on any atom is 0.272 e. The van der Waals surface area contributed by atoms with Crippen LogP contribution in [0.2, 0.25) is 0 Å². The Morgan fingerprint density at radius 3 is 2.37 bits per heavy atom. The Morgan fingerprint density at radius 1 is 1.07 bits per heavy atom. The van der Waals surface area contributed by atoms with Gasteiger partial charge in [0, 0.05) is 32.2 Å². The predicted molar refractivity (Wildman–Crippen MR) is 104 cm³/mol. The molecule has 1 aromatic heterocycles.